The van der Waals surface area contributed by atoms with Crippen molar-refractivity contribution in [1.82, 2.24) is 9.55 Å². The summed E-state index contributed by atoms with van der Waals surface area (Å²) in [6, 6.07) is 50.6. The Morgan fingerprint density at radius 2 is 1.06 bits per heavy atom. The van der Waals surface area contributed by atoms with E-state index in [0.717, 1.165) is 54.9 Å². The van der Waals surface area contributed by atoms with Crippen LogP contribution in [0.2, 0.25) is 0 Å². The summed E-state index contributed by atoms with van der Waals surface area (Å²) in [6.45, 7) is 0. The summed E-state index contributed by atoms with van der Waals surface area (Å²) in [5, 5.41) is 34.3. The van der Waals surface area contributed by atoms with E-state index >= 15 is 0 Å². The summed E-state index contributed by atoms with van der Waals surface area (Å²) >= 11 is 0. The number of aliphatic hydroxyl groups is 3. The van der Waals surface area contributed by atoms with Gasteiger partial charge in [-0.25, -0.2) is 4.98 Å². The molecule has 3 N–H and O–H groups in total. The molecule has 7 aromatic carbocycles. The molecule has 0 bridgehead atoms. The monoisotopic (exact) mass is 618 g/mol. The van der Waals surface area contributed by atoms with Crippen LogP contribution in [0.4, 0.5) is 0 Å². The molecule has 226 valence electrons. The number of nitrogens with zero attached hydrogens (tertiary/aromatic N) is 2. The Balaban J connectivity index is 1.51. The molecular formula is C41H28B2N2O3. The van der Waals surface area contributed by atoms with E-state index in [-0.39, 0.29) is 5.82 Å². The van der Waals surface area contributed by atoms with Crippen molar-refractivity contribution in [3.05, 3.63) is 157 Å². The molecule has 0 fully saturated rings. The van der Waals surface area contributed by atoms with Crippen LogP contribution in [0, 0.1) is 0 Å². The minimum Gasteiger partial charge on any atom is -0.403 e. The van der Waals surface area contributed by atoms with E-state index in [4.69, 9.17) is 15.7 Å². The van der Waals surface area contributed by atoms with Gasteiger partial charge in [0.1, 0.15) is 15.7 Å². The highest BCUT2D eigenvalue weighted by molar-refractivity contribution is 6.39. The fourth-order valence-corrected chi connectivity index (χ4v) is 6.76. The van der Waals surface area contributed by atoms with E-state index in [0.29, 0.717) is 16.7 Å². The highest BCUT2D eigenvalue weighted by atomic mass is 16.5. The first-order valence-corrected chi connectivity index (χ1v) is 15.7. The smallest absolute Gasteiger partial charge is 0.236 e. The molecule has 1 heterocycles. The molecule has 0 saturated carbocycles. The summed E-state index contributed by atoms with van der Waals surface area (Å²) < 4.78 is 1.61. The summed E-state index contributed by atoms with van der Waals surface area (Å²) in [7, 11) is 11.5. The molecule has 8 aromatic rings. The second-order valence-electron chi connectivity index (χ2n) is 12.1. The third-order valence-electron chi connectivity index (χ3n) is 9.04. The first-order chi connectivity index (χ1) is 23.2. The molecule has 0 unspecified atom stereocenters. The molecule has 0 spiro atoms. The van der Waals surface area contributed by atoms with Crippen molar-refractivity contribution >= 4 is 48.3 Å². The van der Waals surface area contributed by atoms with Crippen molar-refractivity contribution in [2.24, 2.45) is 0 Å². The summed E-state index contributed by atoms with van der Waals surface area (Å²) in [5.41, 5.74) is 7.84. The molecule has 8 rings (SSSR count). The number of para-hydroxylation sites is 3. The van der Waals surface area contributed by atoms with E-state index in [1.807, 2.05) is 72.8 Å². The maximum absolute atomic E-state index is 11.2. The van der Waals surface area contributed by atoms with Crippen LogP contribution in [-0.2, 0) is 5.79 Å². The van der Waals surface area contributed by atoms with Gasteiger partial charge in [-0.1, -0.05) is 127 Å². The second-order valence-corrected chi connectivity index (χ2v) is 12.1. The Morgan fingerprint density at radius 3 is 1.77 bits per heavy atom. The Kier molecular flexibility index (Phi) is 7.08. The molecule has 0 amide bonds. The lowest BCUT2D eigenvalue weighted by atomic mass is 9.60. The first kappa shape index (κ1) is 29.9. The van der Waals surface area contributed by atoms with E-state index in [9.17, 15) is 15.3 Å². The first-order valence-electron chi connectivity index (χ1n) is 15.7. The molecule has 0 saturated heterocycles. The van der Waals surface area contributed by atoms with Crippen LogP contribution in [0.1, 0.15) is 5.82 Å². The average Bonchev–Trinajstić information content (AvgIpc) is 3.51. The average molecular weight is 618 g/mol. The lowest BCUT2D eigenvalue weighted by Gasteiger charge is -2.34. The summed E-state index contributed by atoms with van der Waals surface area (Å²) in [5.74, 6) is -3.42. The zero-order valence-electron chi connectivity index (χ0n) is 25.8. The molecule has 48 heavy (non-hydrogen) atoms. The molecule has 4 radical (unpaired) electrons. The van der Waals surface area contributed by atoms with Crippen molar-refractivity contribution < 1.29 is 15.3 Å². The molecule has 1 aromatic heterocycles. The Hall–Kier alpha value is -5.46. The number of benzene rings is 7. The van der Waals surface area contributed by atoms with Crippen LogP contribution in [0.3, 0.4) is 0 Å². The second kappa shape index (κ2) is 11.4. The van der Waals surface area contributed by atoms with E-state index in [1.165, 1.54) is 0 Å². The maximum Gasteiger partial charge on any atom is 0.236 e. The van der Waals surface area contributed by atoms with Gasteiger partial charge in [-0.2, -0.15) is 0 Å². The lowest BCUT2D eigenvalue weighted by Crippen LogP contribution is -2.54. The molecule has 0 aliphatic rings. The Bertz CT molecular complexity index is 2470. The fourth-order valence-electron chi connectivity index (χ4n) is 6.76. The normalized spacial score (nSPS) is 12.2. The number of rotatable bonds is 6. The van der Waals surface area contributed by atoms with Crippen molar-refractivity contribution in [2.75, 3.05) is 0 Å². The van der Waals surface area contributed by atoms with Gasteiger partial charge >= 0.3 is 0 Å². The largest absolute Gasteiger partial charge is 0.403 e. The quantitative estimate of drug-likeness (QED) is 0.103. The van der Waals surface area contributed by atoms with Crippen LogP contribution in [0.5, 0.6) is 0 Å². The highest BCUT2D eigenvalue weighted by Gasteiger charge is 2.45. The molecule has 0 atom stereocenters. The van der Waals surface area contributed by atoms with E-state index in [1.54, 1.807) is 16.7 Å². The molecule has 5 nitrogen and oxygen atoms in total. The van der Waals surface area contributed by atoms with Gasteiger partial charge in [0, 0.05) is 11.0 Å². The van der Waals surface area contributed by atoms with Crippen LogP contribution >= 0.6 is 0 Å². The number of fused-ring (bicyclic) bond motifs is 3. The molecular weight excluding hydrogens is 590 g/mol. The van der Waals surface area contributed by atoms with Crippen LogP contribution in [0.25, 0.3) is 71.6 Å². The fraction of sp³-hybridized carbons (Fsp3) is 0.0488. The minimum absolute atomic E-state index is 0.315. The zero-order valence-corrected chi connectivity index (χ0v) is 25.8. The van der Waals surface area contributed by atoms with E-state index < -0.39 is 11.2 Å². The maximum atomic E-state index is 11.2. The standard InChI is InChI=1S/C41H28B2N2O3/c42-41(43,48)40(46,47)39-44-34-20-10-12-22-36(34)45(39)35-21-11-9-19-32(35)38-30-18-8-7-17-29(30)37(27-15-5-2-6-16-27)33-25-28(23-24-31(33)38)26-13-3-1-4-14-26/h1-25,46-48H. The van der Waals surface area contributed by atoms with Gasteiger partial charge in [0.15, 0.2) is 5.82 Å². The van der Waals surface area contributed by atoms with Crippen LogP contribution < -0.4 is 0 Å². The van der Waals surface area contributed by atoms with Gasteiger partial charge in [0.2, 0.25) is 5.79 Å². The topological polar surface area (TPSA) is 78.5 Å². The number of aromatic nitrogens is 2. The highest BCUT2D eigenvalue weighted by Crippen LogP contribution is 2.47. The number of hydrogen-bond acceptors (Lipinski definition) is 4. The third-order valence-corrected chi connectivity index (χ3v) is 9.04. The molecule has 0 aliphatic carbocycles. The van der Waals surface area contributed by atoms with Crippen molar-refractivity contribution in [3.8, 4) is 39.1 Å². The van der Waals surface area contributed by atoms with E-state index in [2.05, 4.69) is 71.7 Å². The zero-order chi connectivity index (χ0) is 33.0. The SMILES string of the molecule is [B]C([B])(O)C(O)(O)c1nc2ccccc2n1-c1ccccc1-c1c2ccccc2c(-c2ccccc2)c2cc(-c3ccccc3)ccc12. The predicted octanol–water partition coefficient (Wildman–Crippen LogP) is 7.45. The van der Waals surface area contributed by atoms with Gasteiger partial charge in [0.25, 0.3) is 0 Å². The van der Waals surface area contributed by atoms with Gasteiger partial charge in [0.05, 0.1) is 16.7 Å². The predicted molar refractivity (Wildman–Crippen MR) is 195 cm³/mol. The van der Waals surface area contributed by atoms with Gasteiger partial charge in [-0.05, 0) is 73.6 Å². The lowest BCUT2D eigenvalue weighted by molar-refractivity contribution is -0.231. The Labute approximate surface area is 280 Å². The van der Waals surface area contributed by atoms with Gasteiger partial charge in [-0.3, -0.25) is 4.57 Å². The van der Waals surface area contributed by atoms with Gasteiger partial charge < -0.3 is 15.3 Å². The van der Waals surface area contributed by atoms with Crippen LogP contribution in [0.15, 0.2) is 152 Å². The van der Waals surface area contributed by atoms with Crippen molar-refractivity contribution in [1.29, 1.82) is 0 Å². The van der Waals surface area contributed by atoms with Crippen molar-refractivity contribution in [3.63, 3.8) is 0 Å². The Morgan fingerprint density at radius 1 is 0.500 bits per heavy atom. The van der Waals surface area contributed by atoms with Crippen molar-refractivity contribution in [2.45, 2.75) is 11.2 Å². The summed E-state index contributed by atoms with van der Waals surface area (Å²) in [4.78, 5) is 4.53. The summed E-state index contributed by atoms with van der Waals surface area (Å²) in [6.07, 6.45) is 0. The molecule has 0 aliphatic heterocycles. The van der Waals surface area contributed by atoms with Crippen LogP contribution in [-0.4, -0.2) is 46.0 Å². The minimum atomic E-state index is -3.11. The number of hydrogen-bond donors (Lipinski definition) is 3. The van der Waals surface area contributed by atoms with Gasteiger partial charge in [-0.15, -0.1) is 0 Å². The number of imidazole rings is 1. The third kappa shape index (κ3) is 4.75. The molecule has 7 heteroatoms.